The topological polar surface area (TPSA) is 12.5 Å². The van der Waals surface area contributed by atoms with Gasteiger partial charge in [-0.15, -0.1) is 0 Å². The van der Waals surface area contributed by atoms with Gasteiger partial charge in [-0.3, -0.25) is 0 Å². The van der Waals surface area contributed by atoms with Crippen molar-refractivity contribution >= 4 is 5.69 Å². The molecule has 2 rings (SSSR count). The van der Waals surface area contributed by atoms with Crippen LogP contribution in [0.5, 0.6) is 0 Å². The summed E-state index contributed by atoms with van der Waals surface area (Å²) >= 11 is 0. The van der Waals surface area contributed by atoms with Gasteiger partial charge >= 0.3 is 0 Å². The highest BCUT2D eigenvalue weighted by molar-refractivity contribution is 5.57. The number of rotatable bonds is 2. The van der Waals surface area contributed by atoms with Crippen LogP contribution in [-0.2, 0) is 11.2 Å². The molecule has 0 N–H and O–H groups in total. The number of nitrogens with zero attached hydrogens (tertiary/aromatic N) is 1. The van der Waals surface area contributed by atoms with Crippen molar-refractivity contribution in [2.45, 2.75) is 6.42 Å². The second-order valence-corrected chi connectivity index (χ2v) is 3.20. The van der Waals surface area contributed by atoms with E-state index in [2.05, 4.69) is 4.90 Å². The molecular formula is C10H12FNO. The van der Waals surface area contributed by atoms with Gasteiger partial charge in [-0.2, -0.15) is 0 Å². The molecule has 0 aliphatic carbocycles. The van der Waals surface area contributed by atoms with Crippen molar-refractivity contribution in [1.29, 1.82) is 0 Å². The predicted molar refractivity (Wildman–Crippen MR) is 49.3 cm³/mol. The molecule has 1 aromatic carbocycles. The van der Waals surface area contributed by atoms with Crippen LogP contribution in [0.3, 0.4) is 0 Å². The standard InChI is InChI=1S/C10H12FNO/c1-13-7-12-5-4-8-6-9(11)2-3-10(8)12/h2-3,6H,4-5,7H2,1H3. The van der Waals surface area contributed by atoms with Gasteiger partial charge in [0.05, 0.1) is 0 Å². The van der Waals surface area contributed by atoms with Crippen LogP contribution in [0.1, 0.15) is 5.56 Å². The highest BCUT2D eigenvalue weighted by Gasteiger charge is 2.18. The Labute approximate surface area is 76.9 Å². The third-order valence-electron chi connectivity index (χ3n) is 2.32. The lowest BCUT2D eigenvalue weighted by molar-refractivity contribution is 0.199. The summed E-state index contributed by atoms with van der Waals surface area (Å²) in [5.74, 6) is -0.155. The number of benzene rings is 1. The summed E-state index contributed by atoms with van der Waals surface area (Å²) in [5, 5.41) is 0. The Bertz CT molecular complexity index is 314. The lowest BCUT2D eigenvalue weighted by Crippen LogP contribution is -2.22. The predicted octanol–water partition coefficient (Wildman–Crippen LogP) is 1.79. The second kappa shape index (κ2) is 3.34. The average molecular weight is 181 g/mol. The smallest absolute Gasteiger partial charge is 0.123 e. The molecule has 1 aliphatic rings. The van der Waals surface area contributed by atoms with Crippen molar-refractivity contribution in [3.63, 3.8) is 0 Å². The van der Waals surface area contributed by atoms with Crippen LogP contribution < -0.4 is 4.90 Å². The summed E-state index contributed by atoms with van der Waals surface area (Å²) in [5.41, 5.74) is 2.18. The molecule has 13 heavy (non-hydrogen) atoms. The molecule has 0 amide bonds. The largest absolute Gasteiger partial charge is 0.364 e. The number of halogens is 1. The molecule has 3 heteroatoms. The van der Waals surface area contributed by atoms with Crippen LogP contribution in [-0.4, -0.2) is 20.4 Å². The number of ether oxygens (including phenoxy) is 1. The van der Waals surface area contributed by atoms with Crippen molar-refractivity contribution < 1.29 is 9.13 Å². The van der Waals surface area contributed by atoms with Gasteiger partial charge in [-0.05, 0) is 30.2 Å². The Hall–Kier alpha value is -1.09. The van der Waals surface area contributed by atoms with Crippen LogP contribution in [0.15, 0.2) is 18.2 Å². The van der Waals surface area contributed by atoms with Crippen molar-refractivity contribution in [1.82, 2.24) is 0 Å². The maximum Gasteiger partial charge on any atom is 0.123 e. The molecule has 0 unspecified atom stereocenters. The molecule has 70 valence electrons. The molecule has 0 fully saturated rings. The number of fused-ring (bicyclic) bond motifs is 1. The maximum atomic E-state index is 12.8. The molecule has 0 spiro atoms. The van der Waals surface area contributed by atoms with E-state index in [0.717, 1.165) is 24.2 Å². The lowest BCUT2D eigenvalue weighted by Gasteiger charge is -2.17. The van der Waals surface area contributed by atoms with E-state index in [0.29, 0.717) is 6.73 Å². The molecule has 0 atom stereocenters. The molecule has 0 saturated heterocycles. The first kappa shape index (κ1) is 8.51. The first-order chi connectivity index (χ1) is 6.31. The van der Waals surface area contributed by atoms with Gasteiger partial charge < -0.3 is 9.64 Å². The molecular weight excluding hydrogens is 169 g/mol. The Morgan fingerprint density at radius 2 is 2.38 bits per heavy atom. The van der Waals surface area contributed by atoms with Gasteiger partial charge in [-0.25, -0.2) is 4.39 Å². The van der Waals surface area contributed by atoms with E-state index in [9.17, 15) is 4.39 Å². The Morgan fingerprint density at radius 1 is 1.54 bits per heavy atom. The van der Waals surface area contributed by atoms with E-state index in [1.807, 2.05) is 6.07 Å². The van der Waals surface area contributed by atoms with Crippen LogP contribution in [0.25, 0.3) is 0 Å². The molecule has 2 nitrogen and oxygen atoms in total. The first-order valence-corrected chi connectivity index (χ1v) is 4.33. The Morgan fingerprint density at radius 3 is 3.15 bits per heavy atom. The summed E-state index contributed by atoms with van der Waals surface area (Å²) in [6.07, 6.45) is 0.913. The van der Waals surface area contributed by atoms with Crippen molar-refractivity contribution in [3.8, 4) is 0 Å². The average Bonchev–Trinajstić information content (AvgIpc) is 2.49. The minimum atomic E-state index is -0.155. The van der Waals surface area contributed by atoms with Gasteiger partial charge in [0.25, 0.3) is 0 Å². The van der Waals surface area contributed by atoms with Gasteiger partial charge in [0.15, 0.2) is 0 Å². The summed E-state index contributed by atoms with van der Waals surface area (Å²) in [6.45, 7) is 1.51. The van der Waals surface area contributed by atoms with E-state index < -0.39 is 0 Å². The zero-order chi connectivity index (χ0) is 9.26. The SMILES string of the molecule is COCN1CCc2cc(F)ccc21. The van der Waals surface area contributed by atoms with E-state index in [4.69, 9.17) is 4.74 Å². The second-order valence-electron chi connectivity index (χ2n) is 3.20. The fourth-order valence-electron chi connectivity index (χ4n) is 1.73. The van der Waals surface area contributed by atoms with E-state index >= 15 is 0 Å². The summed E-state index contributed by atoms with van der Waals surface area (Å²) in [7, 11) is 1.67. The molecule has 1 heterocycles. The van der Waals surface area contributed by atoms with Gasteiger partial charge in [0.1, 0.15) is 12.5 Å². The minimum Gasteiger partial charge on any atom is -0.364 e. The Kier molecular flexibility index (Phi) is 2.19. The van der Waals surface area contributed by atoms with Gasteiger partial charge in [0.2, 0.25) is 0 Å². The summed E-state index contributed by atoms with van der Waals surface area (Å²) in [6, 6.07) is 4.91. The normalized spacial score (nSPS) is 14.8. The Balaban J connectivity index is 2.27. The number of anilines is 1. The van der Waals surface area contributed by atoms with E-state index in [-0.39, 0.29) is 5.82 Å². The van der Waals surface area contributed by atoms with Crippen molar-refractivity contribution in [2.24, 2.45) is 0 Å². The molecule has 0 aromatic heterocycles. The molecule has 0 radical (unpaired) electrons. The summed E-state index contributed by atoms with van der Waals surface area (Å²) < 4.78 is 17.9. The molecule has 0 saturated carbocycles. The molecule has 1 aliphatic heterocycles. The molecule has 1 aromatic rings. The minimum absolute atomic E-state index is 0.155. The third-order valence-corrected chi connectivity index (χ3v) is 2.32. The quantitative estimate of drug-likeness (QED) is 0.689. The van der Waals surface area contributed by atoms with Crippen LogP contribution in [0, 0.1) is 5.82 Å². The highest BCUT2D eigenvalue weighted by atomic mass is 19.1. The zero-order valence-electron chi connectivity index (χ0n) is 7.59. The monoisotopic (exact) mass is 181 g/mol. The summed E-state index contributed by atoms with van der Waals surface area (Å²) in [4.78, 5) is 2.11. The molecule has 0 bridgehead atoms. The first-order valence-electron chi connectivity index (χ1n) is 4.33. The van der Waals surface area contributed by atoms with E-state index in [1.165, 1.54) is 6.07 Å². The number of hydrogen-bond acceptors (Lipinski definition) is 2. The zero-order valence-corrected chi connectivity index (χ0v) is 7.59. The maximum absolute atomic E-state index is 12.8. The van der Waals surface area contributed by atoms with Gasteiger partial charge in [-0.1, -0.05) is 0 Å². The van der Waals surface area contributed by atoms with Crippen molar-refractivity contribution in [2.75, 3.05) is 25.3 Å². The van der Waals surface area contributed by atoms with Crippen LogP contribution in [0.2, 0.25) is 0 Å². The van der Waals surface area contributed by atoms with Crippen LogP contribution in [0.4, 0.5) is 10.1 Å². The van der Waals surface area contributed by atoms with Crippen LogP contribution >= 0.6 is 0 Å². The highest BCUT2D eigenvalue weighted by Crippen LogP contribution is 2.27. The van der Waals surface area contributed by atoms with Crippen molar-refractivity contribution in [3.05, 3.63) is 29.6 Å². The fraction of sp³-hybridized carbons (Fsp3) is 0.400. The lowest BCUT2D eigenvalue weighted by atomic mass is 10.2. The number of hydrogen-bond donors (Lipinski definition) is 0. The fourth-order valence-corrected chi connectivity index (χ4v) is 1.73. The van der Waals surface area contributed by atoms with Gasteiger partial charge in [0, 0.05) is 19.3 Å². The van der Waals surface area contributed by atoms with E-state index in [1.54, 1.807) is 13.2 Å². The third kappa shape index (κ3) is 1.52. The number of methoxy groups -OCH3 is 1.